The number of nitrogens with two attached hydrogens (primary N) is 1. The van der Waals surface area contributed by atoms with Crippen LogP contribution in [0.5, 0.6) is 0 Å². The summed E-state index contributed by atoms with van der Waals surface area (Å²) in [7, 11) is 0. The van der Waals surface area contributed by atoms with Crippen LogP contribution in [0.3, 0.4) is 0 Å². The molecule has 0 spiro atoms. The average Bonchev–Trinajstić information content (AvgIpc) is 1.93. The van der Waals surface area contributed by atoms with Crippen LogP contribution < -0.4 is 11.1 Å². The number of amides is 1. The summed E-state index contributed by atoms with van der Waals surface area (Å²) in [5.74, 6) is -0.455. The average molecular weight is 198 g/mol. The van der Waals surface area contributed by atoms with Crippen LogP contribution in [0.25, 0.3) is 0 Å². The van der Waals surface area contributed by atoms with Gasteiger partial charge in [-0.25, -0.2) is 0 Å². The molecule has 0 aliphatic carbocycles. The maximum absolute atomic E-state index is 11.6. The lowest BCUT2D eigenvalue weighted by Crippen LogP contribution is -2.23. The minimum absolute atomic E-state index is 0.0300. The molecule has 3 N–H and O–H groups in total. The van der Waals surface area contributed by atoms with Crippen LogP contribution >= 0.6 is 0 Å². The van der Waals surface area contributed by atoms with Gasteiger partial charge in [-0.3, -0.25) is 4.79 Å². The molecule has 0 aromatic heterocycles. The topological polar surface area (TPSA) is 55.1 Å². The number of rotatable bonds is 6. The molecule has 0 heterocycles. The number of hydrogen-bond donors (Lipinski definition) is 2. The van der Waals surface area contributed by atoms with E-state index in [1.54, 1.807) is 0 Å². The van der Waals surface area contributed by atoms with Crippen molar-refractivity contribution in [3.63, 3.8) is 0 Å². The van der Waals surface area contributed by atoms with Crippen molar-refractivity contribution in [3.05, 3.63) is 0 Å². The molecule has 1 amide bonds. The molecule has 0 radical (unpaired) electrons. The lowest BCUT2D eigenvalue weighted by molar-refractivity contribution is -0.135. The number of carbonyl (C=O) groups is 1. The quantitative estimate of drug-likeness (QED) is 0.620. The van der Waals surface area contributed by atoms with E-state index in [1.165, 1.54) is 0 Å². The first kappa shape index (κ1) is 12.2. The highest BCUT2D eigenvalue weighted by Crippen LogP contribution is 2.20. The Hall–Kier alpha value is -0.780. The van der Waals surface area contributed by atoms with Crippen LogP contribution in [0.2, 0.25) is 0 Å². The second-order valence-electron chi connectivity index (χ2n) is 2.69. The Kier molecular flexibility index (Phi) is 5.45. The van der Waals surface area contributed by atoms with Gasteiger partial charge in [0.05, 0.1) is 0 Å². The highest BCUT2D eigenvalue weighted by Gasteiger charge is 2.25. The Morgan fingerprint density at radius 3 is 2.38 bits per heavy atom. The zero-order valence-electron chi connectivity index (χ0n) is 7.16. The molecule has 0 bridgehead atoms. The molecule has 0 aliphatic heterocycles. The van der Waals surface area contributed by atoms with Gasteiger partial charge in [0.25, 0.3) is 0 Å². The largest absolute Gasteiger partial charge is 0.389 e. The van der Waals surface area contributed by atoms with E-state index in [1.807, 2.05) is 0 Å². The molecule has 0 atom stereocenters. The summed E-state index contributed by atoms with van der Waals surface area (Å²) in [6, 6.07) is 0. The van der Waals surface area contributed by atoms with Crippen molar-refractivity contribution in [1.29, 1.82) is 0 Å². The highest BCUT2D eigenvalue weighted by molar-refractivity contribution is 5.73. The fourth-order valence-corrected chi connectivity index (χ4v) is 0.750. The molecule has 0 unspecified atom stereocenters. The van der Waals surface area contributed by atoms with Gasteiger partial charge in [-0.2, -0.15) is 13.2 Å². The minimum Gasteiger partial charge on any atom is -0.370 e. The second kappa shape index (κ2) is 5.80. The summed E-state index contributed by atoms with van der Waals surface area (Å²) in [4.78, 5) is 10.2. The van der Waals surface area contributed by atoms with Crippen molar-refractivity contribution in [2.75, 3.05) is 13.1 Å². The number of hydrogen-bond acceptors (Lipinski definition) is 2. The number of carbonyl (C=O) groups excluding carboxylic acids is 1. The van der Waals surface area contributed by atoms with Crippen LogP contribution in [0.4, 0.5) is 13.2 Å². The summed E-state index contributed by atoms with van der Waals surface area (Å²) < 4.78 is 34.8. The van der Waals surface area contributed by atoms with Crippen molar-refractivity contribution < 1.29 is 18.0 Å². The fourth-order valence-electron chi connectivity index (χ4n) is 0.750. The Labute approximate surface area is 74.5 Å². The minimum atomic E-state index is -4.09. The van der Waals surface area contributed by atoms with Crippen LogP contribution in [0.15, 0.2) is 0 Å². The molecule has 6 heteroatoms. The lowest BCUT2D eigenvalue weighted by Gasteiger charge is -2.06. The van der Waals surface area contributed by atoms with Crippen molar-refractivity contribution in [1.82, 2.24) is 5.32 Å². The molecular weight excluding hydrogens is 185 g/mol. The van der Waals surface area contributed by atoms with Gasteiger partial charge >= 0.3 is 6.18 Å². The normalized spacial score (nSPS) is 11.6. The van der Waals surface area contributed by atoms with E-state index in [2.05, 4.69) is 5.32 Å². The standard InChI is InChI=1S/C7H13F3N2O/c8-7(9,10)3-1-4-12-5-2-6(11)13/h12H,1-5H2,(H2,11,13). The third-order valence-corrected chi connectivity index (χ3v) is 1.36. The van der Waals surface area contributed by atoms with E-state index in [0.717, 1.165) is 0 Å². The molecule has 0 aromatic carbocycles. The van der Waals surface area contributed by atoms with Crippen LogP contribution in [0, 0.1) is 0 Å². The first-order valence-corrected chi connectivity index (χ1v) is 3.97. The van der Waals surface area contributed by atoms with E-state index >= 15 is 0 Å². The van der Waals surface area contributed by atoms with E-state index in [-0.39, 0.29) is 19.4 Å². The summed E-state index contributed by atoms with van der Waals surface area (Å²) in [5.41, 5.74) is 4.82. The zero-order valence-corrected chi connectivity index (χ0v) is 7.16. The SMILES string of the molecule is NC(=O)CCNCCCC(F)(F)F. The maximum atomic E-state index is 11.6. The number of nitrogens with one attached hydrogen (secondary N) is 1. The van der Waals surface area contributed by atoms with Gasteiger partial charge in [0.15, 0.2) is 0 Å². The summed E-state index contributed by atoms with van der Waals surface area (Å²) in [6.45, 7) is 0.597. The molecule has 0 aliphatic rings. The molecular formula is C7H13F3N2O. The molecule has 13 heavy (non-hydrogen) atoms. The third-order valence-electron chi connectivity index (χ3n) is 1.36. The van der Waals surface area contributed by atoms with Gasteiger partial charge in [-0.1, -0.05) is 0 Å². The van der Waals surface area contributed by atoms with Gasteiger partial charge in [0, 0.05) is 19.4 Å². The summed E-state index contributed by atoms with van der Waals surface area (Å²) in [5, 5.41) is 2.69. The Balaban J connectivity index is 3.13. The first-order chi connectivity index (χ1) is 5.92. The monoisotopic (exact) mass is 198 g/mol. The van der Waals surface area contributed by atoms with E-state index in [9.17, 15) is 18.0 Å². The van der Waals surface area contributed by atoms with Gasteiger partial charge in [0.2, 0.25) is 5.91 Å². The maximum Gasteiger partial charge on any atom is 0.389 e. The molecule has 78 valence electrons. The molecule has 0 aromatic rings. The van der Waals surface area contributed by atoms with Crippen molar-refractivity contribution in [3.8, 4) is 0 Å². The highest BCUT2D eigenvalue weighted by atomic mass is 19.4. The van der Waals surface area contributed by atoms with Crippen molar-refractivity contribution in [2.45, 2.75) is 25.4 Å². The third kappa shape index (κ3) is 11.2. The molecule has 3 nitrogen and oxygen atoms in total. The van der Waals surface area contributed by atoms with Crippen LogP contribution in [0.1, 0.15) is 19.3 Å². The summed E-state index contributed by atoms with van der Waals surface area (Å²) >= 11 is 0. The summed E-state index contributed by atoms with van der Waals surface area (Å²) in [6.07, 6.45) is -4.70. The number of primary amides is 1. The first-order valence-electron chi connectivity index (χ1n) is 3.97. The fraction of sp³-hybridized carbons (Fsp3) is 0.857. The van der Waals surface area contributed by atoms with Gasteiger partial charge in [0.1, 0.15) is 0 Å². The lowest BCUT2D eigenvalue weighted by atomic mass is 10.3. The smallest absolute Gasteiger partial charge is 0.370 e. The Morgan fingerprint density at radius 1 is 1.31 bits per heavy atom. The van der Waals surface area contributed by atoms with E-state index < -0.39 is 18.5 Å². The van der Waals surface area contributed by atoms with Gasteiger partial charge in [-0.05, 0) is 13.0 Å². The van der Waals surface area contributed by atoms with Crippen LogP contribution in [-0.4, -0.2) is 25.2 Å². The predicted octanol–water partition coefficient (Wildman–Crippen LogP) is 0.794. The predicted molar refractivity (Wildman–Crippen MR) is 42.0 cm³/mol. The van der Waals surface area contributed by atoms with Crippen LogP contribution in [-0.2, 0) is 4.79 Å². The van der Waals surface area contributed by atoms with Crippen molar-refractivity contribution in [2.24, 2.45) is 5.73 Å². The van der Waals surface area contributed by atoms with Gasteiger partial charge in [-0.15, -0.1) is 0 Å². The molecule has 0 saturated carbocycles. The number of halogens is 3. The second-order valence-corrected chi connectivity index (χ2v) is 2.69. The Morgan fingerprint density at radius 2 is 1.92 bits per heavy atom. The molecule has 0 fully saturated rings. The number of alkyl halides is 3. The van der Waals surface area contributed by atoms with E-state index in [4.69, 9.17) is 5.73 Å². The van der Waals surface area contributed by atoms with Crippen molar-refractivity contribution >= 4 is 5.91 Å². The Bertz CT molecular complexity index is 158. The zero-order chi connectivity index (χ0) is 10.3. The van der Waals surface area contributed by atoms with Gasteiger partial charge < -0.3 is 11.1 Å². The van der Waals surface area contributed by atoms with E-state index in [0.29, 0.717) is 6.54 Å². The molecule has 0 rings (SSSR count). The molecule has 0 saturated heterocycles.